The summed E-state index contributed by atoms with van der Waals surface area (Å²) in [6.45, 7) is 6.32. The molecule has 25 heavy (non-hydrogen) atoms. The summed E-state index contributed by atoms with van der Waals surface area (Å²) >= 11 is 0. The highest BCUT2D eigenvalue weighted by atomic mass is 15.3. The summed E-state index contributed by atoms with van der Waals surface area (Å²) in [4.78, 5) is 2.43. The lowest BCUT2D eigenvalue weighted by molar-refractivity contribution is 0.297. The van der Waals surface area contributed by atoms with E-state index in [1.54, 1.807) is 0 Å². The third kappa shape index (κ3) is 3.91. The summed E-state index contributed by atoms with van der Waals surface area (Å²) in [6, 6.07) is 13.0. The van der Waals surface area contributed by atoms with Crippen LogP contribution in [0.1, 0.15) is 29.8 Å². The van der Waals surface area contributed by atoms with E-state index < -0.39 is 0 Å². The number of guanidine groups is 1. The van der Waals surface area contributed by atoms with Crippen LogP contribution in [0.25, 0.3) is 5.69 Å². The number of hydrogen-bond acceptors (Lipinski definition) is 3. The SMILES string of the molecule is Cc1cc(CN2CCCC2/C=N/N=C(N)N)c(C)n1-c1ccccc1. The molecule has 6 nitrogen and oxygen atoms in total. The summed E-state index contributed by atoms with van der Waals surface area (Å²) in [5.41, 5.74) is 15.8. The molecule has 0 spiro atoms. The van der Waals surface area contributed by atoms with Gasteiger partial charge in [0.05, 0.1) is 0 Å². The molecular weight excluding hydrogens is 312 g/mol. The standard InChI is InChI=1S/C19H26N6/c1-14-11-16(15(2)25(14)17-7-4-3-5-8-17)13-24-10-6-9-18(24)12-22-23-19(20)21/h3-5,7-8,11-12,18H,6,9-10,13H2,1-2H3,(H4,20,21,23)/b22-12+. The third-order valence-corrected chi connectivity index (χ3v) is 4.75. The fraction of sp³-hybridized carbons (Fsp3) is 0.368. The molecule has 3 rings (SSSR count). The Morgan fingerprint density at radius 2 is 2.00 bits per heavy atom. The molecule has 1 aliphatic heterocycles. The van der Waals surface area contributed by atoms with Crippen LogP contribution in [0, 0.1) is 13.8 Å². The Labute approximate surface area is 148 Å². The van der Waals surface area contributed by atoms with Crippen LogP contribution in [0.2, 0.25) is 0 Å². The zero-order valence-electron chi connectivity index (χ0n) is 14.9. The van der Waals surface area contributed by atoms with Crippen LogP contribution in [0.5, 0.6) is 0 Å². The van der Waals surface area contributed by atoms with Crippen molar-refractivity contribution < 1.29 is 0 Å². The monoisotopic (exact) mass is 338 g/mol. The van der Waals surface area contributed by atoms with Gasteiger partial charge in [0.2, 0.25) is 5.96 Å². The van der Waals surface area contributed by atoms with Gasteiger partial charge in [0.1, 0.15) is 0 Å². The quantitative estimate of drug-likeness (QED) is 0.498. The fourth-order valence-corrected chi connectivity index (χ4v) is 3.58. The minimum absolute atomic E-state index is 0.00722. The average Bonchev–Trinajstić information content (AvgIpc) is 3.13. The normalized spacial score (nSPS) is 18.1. The molecule has 2 heterocycles. The third-order valence-electron chi connectivity index (χ3n) is 4.75. The molecule has 6 heteroatoms. The molecule has 132 valence electrons. The maximum Gasteiger partial charge on any atom is 0.211 e. The van der Waals surface area contributed by atoms with Crippen LogP contribution in [0.4, 0.5) is 0 Å². The first-order valence-electron chi connectivity index (χ1n) is 8.65. The van der Waals surface area contributed by atoms with E-state index in [0.717, 1.165) is 25.9 Å². The summed E-state index contributed by atoms with van der Waals surface area (Å²) < 4.78 is 2.31. The topological polar surface area (TPSA) is 84.9 Å². The number of benzene rings is 1. The molecule has 0 bridgehead atoms. The second-order valence-corrected chi connectivity index (χ2v) is 6.54. The number of para-hydroxylation sites is 1. The van der Waals surface area contributed by atoms with E-state index in [0.29, 0.717) is 0 Å². The number of nitrogens with zero attached hydrogens (tertiary/aromatic N) is 4. The number of aryl methyl sites for hydroxylation is 1. The Kier molecular flexibility index (Phi) is 5.19. The summed E-state index contributed by atoms with van der Waals surface area (Å²) in [7, 11) is 0. The van der Waals surface area contributed by atoms with Gasteiger partial charge in [0.15, 0.2) is 0 Å². The van der Waals surface area contributed by atoms with Crippen molar-refractivity contribution in [2.75, 3.05) is 6.54 Å². The first-order valence-corrected chi connectivity index (χ1v) is 8.65. The molecule has 1 saturated heterocycles. The Morgan fingerprint density at radius 3 is 2.72 bits per heavy atom. The minimum atomic E-state index is -0.00722. The summed E-state index contributed by atoms with van der Waals surface area (Å²) in [6.07, 6.45) is 4.10. The average molecular weight is 338 g/mol. The molecule has 0 saturated carbocycles. The highest BCUT2D eigenvalue weighted by Gasteiger charge is 2.24. The van der Waals surface area contributed by atoms with Crippen molar-refractivity contribution in [3.63, 3.8) is 0 Å². The van der Waals surface area contributed by atoms with E-state index in [1.165, 1.54) is 22.6 Å². The molecule has 1 atom stereocenters. The number of nitrogens with two attached hydrogens (primary N) is 2. The zero-order valence-corrected chi connectivity index (χ0v) is 14.9. The van der Waals surface area contributed by atoms with Crippen LogP contribution in [0.3, 0.4) is 0 Å². The number of hydrogen-bond donors (Lipinski definition) is 2. The Morgan fingerprint density at radius 1 is 1.24 bits per heavy atom. The Hall–Kier alpha value is -2.60. The van der Waals surface area contributed by atoms with Gasteiger partial charge >= 0.3 is 0 Å². The predicted octanol–water partition coefficient (Wildman–Crippen LogP) is 2.32. The van der Waals surface area contributed by atoms with Crippen LogP contribution < -0.4 is 11.5 Å². The molecule has 1 aromatic heterocycles. The summed E-state index contributed by atoms with van der Waals surface area (Å²) in [5.74, 6) is -0.00722. The first kappa shape index (κ1) is 17.2. The molecule has 1 unspecified atom stereocenters. The maximum atomic E-state index is 5.33. The van der Waals surface area contributed by atoms with E-state index in [-0.39, 0.29) is 12.0 Å². The van der Waals surface area contributed by atoms with E-state index in [9.17, 15) is 0 Å². The Balaban J connectivity index is 1.79. The minimum Gasteiger partial charge on any atom is -0.369 e. The largest absolute Gasteiger partial charge is 0.369 e. The fourth-order valence-electron chi connectivity index (χ4n) is 3.58. The number of likely N-dealkylation sites (tertiary alicyclic amines) is 1. The van der Waals surface area contributed by atoms with E-state index in [1.807, 2.05) is 12.3 Å². The van der Waals surface area contributed by atoms with Crippen LogP contribution in [0.15, 0.2) is 46.6 Å². The van der Waals surface area contributed by atoms with E-state index in [2.05, 4.69) is 63.8 Å². The molecule has 4 N–H and O–H groups in total. The second-order valence-electron chi connectivity index (χ2n) is 6.54. The highest BCUT2D eigenvalue weighted by Crippen LogP contribution is 2.25. The lowest BCUT2D eigenvalue weighted by atomic mass is 10.2. The number of aromatic nitrogens is 1. The van der Waals surface area contributed by atoms with Gasteiger partial charge < -0.3 is 16.0 Å². The van der Waals surface area contributed by atoms with Gasteiger partial charge in [0.25, 0.3) is 0 Å². The van der Waals surface area contributed by atoms with Crippen molar-refractivity contribution in [3.05, 3.63) is 53.3 Å². The zero-order chi connectivity index (χ0) is 17.8. The maximum absolute atomic E-state index is 5.33. The molecule has 0 aliphatic carbocycles. The first-order chi connectivity index (χ1) is 12.1. The molecule has 0 radical (unpaired) electrons. The molecular formula is C19H26N6. The lowest BCUT2D eigenvalue weighted by Crippen LogP contribution is -2.30. The lowest BCUT2D eigenvalue weighted by Gasteiger charge is -2.21. The predicted molar refractivity (Wildman–Crippen MR) is 103 cm³/mol. The van der Waals surface area contributed by atoms with E-state index in [4.69, 9.17) is 11.5 Å². The van der Waals surface area contributed by atoms with Crippen LogP contribution in [-0.2, 0) is 6.54 Å². The van der Waals surface area contributed by atoms with Crippen LogP contribution in [-0.4, -0.2) is 34.2 Å². The smallest absolute Gasteiger partial charge is 0.211 e. The van der Waals surface area contributed by atoms with Gasteiger partial charge in [-0.15, -0.1) is 5.10 Å². The van der Waals surface area contributed by atoms with Crippen molar-refractivity contribution in [2.45, 2.75) is 39.3 Å². The van der Waals surface area contributed by atoms with E-state index >= 15 is 0 Å². The highest BCUT2D eigenvalue weighted by molar-refractivity contribution is 5.76. The van der Waals surface area contributed by atoms with Crippen LogP contribution >= 0.6 is 0 Å². The van der Waals surface area contributed by atoms with Crippen molar-refractivity contribution in [1.82, 2.24) is 9.47 Å². The van der Waals surface area contributed by atoms with Gasteiger partial charge in [-0.3, -0.25) is 4.90 Å². The van der Waals surface area contributed by atoms with Gasteiger partial charge in [-0.25, -0.2) is 0 Å². The van der Waals surface area contributed by atoms with Gasteiger partial charge in [-0.1, -0.05) is 18.2 Å². The summed E-state index contributed by atoms with van der Waals surface area (Å²) in [5, 5.41) is 7.72. The molecule has 1 aromatic carbocycles. The van der Waals surface area contributed by atoms with Crippen molar-refractivity contribution >= 4 is 12.2 Å². The Bertz CT molecular complexity index is 771. The molecule has 1 aliphatic rings. The molecule has 0 amide bonds. The molecule has 1 fully saturated rings. The molecule has 2 aromatic rings. The van der Waals surface area contributed by atoms with Gasteiger partial charge in [-0.05, 0) is 57.0 Å². The number of rotatable bonds is 5. The van der Waals surface area contributed by atoms with Crippen molar-refractivity contribution in [1.29, 1.82) is 0 Å². The van der Waals surface area contributed by atoms with Gasteiger partial charge in [-0.2, -0.15) is 5.10 Å². The van der Waals surface area contributed by atoms with Crippen molar-refractivity contribution in [3.8, 4) is 5.69 Å². The second kappa shape index (κ2) is 7.53. The van der Waals surface area contributed by atoms with Crippen molar-refractivity contribution in [2.24, 2.45) is 21.7 Å². The van der Waals surface area contributed by atoms with Gasteiger partial charge in [0, 0.05) is 35.9 Å².